The van der Waals surface area contributed by atoms with Gasteiger partial charge in [-0.25, -0.2) is 21.9 Å². The van der Waals surface area contributed by atoms with Crippen molar-refractivity contribution in [3.05, 3.63) is 76.3 Å². The molecule has 1 fully saturated rings. The van der Waals surface area contributed by atoms with Gasteiger partial charge >= 0.3 is 0 Å². The molecule has 11 heteroatoms. The largest absolute Gasteiger partial charge is 0.282 e. The Morgan fingerprint density at radius 1 is 1.03 bits per heavy atom. The zero-order valence-corrected chi connectivity index (χ0v) is 18.6. The lowest BCUT2D eigenvalue weighted by atomic mass is 10.2. The normalized spacial score (nSPS) is 16.1. The van der Waals surface area contributed by atoms with Gasteiger partial charge in [-0.15, -0.1) is 0 Å². The first-order valence-electron chi connectivity index (χ1n) is 9.90. The van der Waals surface area contributed by atoms with Crippen molar-refractivity contribution in [1.29, 1.82) is 0 Å². The van der Waals surface area contributed by atoms with E-state index in [2.05, 4.69) is 10.1 Å². The topological polar surface area (TPSA) is 74.2 Å². The molecule has 1 aromatic heterocycles. The molecule has 0 radical (unpaired) electrons. The summed E-state index contributed by atoms with van der Waals surface area (Å²) in [5.74, 6) is -1.29. The van der Waals surface area contributed by atoms with Gasteiger partial charge in [0.1, 0.15) is 22.4 Å². The maximum Gasteiger partial charge on any atom is 0.246 e. The predicted molar refractivity (Wildman–Crippen MR) is 119 cm³/mol. The fraction of sp³-hybridized carbons (Fsp3) is 0.238. The van der Waals surface area contributed by atoms with Crippen LogP contribution in [0, 0.1) is 16.4 Å². The van der Waals surface area contributed by atoms with Crippen LogP contribution in [0.4, 0.5) is 8.78 Å². The highest BCUT2D eigenvalue weighted by Crippen LogP contribution is 2.21. The smallest absolute Gasteiger partial charge is 0.246 e. The molecular weight excluding hydrogens is 456 g/mol. The highest BCUT2D eigenvalue weighted by molar-refractivity contribution is 7.89. The lowest BCUT2D eigenvalue weighted by Gasteiger charge is -2.33. The molecule has 32 heavy (non-hydrogen) atoms. The monoisotopic (exact) mass is 477 g/mol. The summed E-state index contributed by atoms with van der Waals surface area (Å²) < 4.78 is 55.9. The predicted octanol–water partition coefficient (Wildman–Crippen LogP) is 3.35. The minimum Gasteiger partial charge on any atom is -0.282 e. The van der Waals surface area contributed by atoms with Gasteiger partial charge in [0.15, 0.2) is 0 Å². The van der Waals surface area contributed by atoms with Gasteiger partial charge < -0.3 is 0 Å². The molecule has 168 valence electrons. The summed E-state index contributed by atoms with van der Waals surface area (Å²) in [5.41, 5.74) is 1.04. The number of aromatic amines is 1. The first kappa shape index (κ1) is 22.5. The van der Waals surface area contributed by atoms with Crippen molar-refractivity contribution >= 4 is 34.4 Å². The molecule has 0 amide bonds. The number of aromatic nitrogens is 3. The number of sulfonamides is 1. The maximum atomic E-state index is 14.0. The molecule has 1 saturated heterocycles. The van der Waals surface area contributed by atoms with E-state index < -0.39 is 26.6 Å². The Morgan fingerprint density at radius 3 is 2.44 bits per heavy atom. The van der Waals surface area contributed by atoms with Gasteiger partial charge in [-0.2, -0.15) is 9.29 Å². The van der Waals surface area contributed by atoms with Crippen LogP contribution in [-0.4, -0.2) is 58.6 Å². The second kappa shape index (κ2) is 9.41. The fourth-order valence-corrected chi connectivity index (χ4v) is 5.09. The lowest BCUT2D eigenvalue weighted by molar-refractivity contribution is 0.144. The number of benzene rings is 2. The van der Waals surface area contributed by atoms with Crippen LogP contribution in [0.3, 0.4) is 0 Å². The van der Waals surface area contributed by atoms with E-state index in [9.17, 15) is 17.2 Å². The number of piperazine rings is 1. The summed E-state index contributed by atoms with van der Waals surface area (Å²) >= 11 is 5.32. The molecule has 0 unspecified atom stereocenters. The number of hydrogen-bond acceptors (Lipinski definition) is 5. The molecule has 1 N–H and O–H groups in total. The van der Waals surface area contributed by atoms with Crippen LogP contribution >= 0.6 is 12.2 Å². The summed E-state index contributed by atoms with van der Waals surface area (Å²) in [6.45, 7) is 1.64. The van der Waals surface area contributed by atoms with E-state index in [0.29, 0.717) is 36.4 Å². The highest BCUT2D eigenvalue weighted by Gasteiger charge is 2.30. The Hall–Kier alpha value is -2.73. The molecule has 0 aliphatic carbocycles. The lowest BCUT2D eigenvalue weighted by Crippen LogP contribution is -2.49. The second-order valence-corrected chi connectivity index (χ2v) is 9.57. The Balaban J connectivity index is 1.39. The van der Waals surface area contributed by atoms with Crippen LogP contribution in [0.15, 0.2) is 53.4 Å². The minimum atomic E-state index is -4.04. The molecule has 4 rings (SSSR count). The van der Waals surface area contributed by atoms with Gasteiger partial charge in [0.05, 0.1) is 6.67 Å². The van der Waals surface area contributed by atoms with E-state index in [1.165, 1.54) is 4.31 Å². The van der Waals surface area contributed by atoms with Crippen molar-refractivity contribution in [3.8, 4) is 0 Å². The van der Waals surface area contributed by atoms with E-state index in [0.717, 1.165) is 17.7 Å². The summed E-state index contributed by atoms with van der Waals surface area (Å²) in [6, 6.07) is 12.3. The van der Waals surface area contributed by atoms with Crippen LogP contribution in [0.25, 0.3) is 12.2 Å². The quantitative estimate of drug-likeness (QED) is 0.551. The van der Waals surface area contributed by atoms with Crippen molar-refractivity contribution in [2.45, 2.75) is 11.6 Å². The third-order valence-electron chi connectivity index (χ3n) is 5.11. The van der Waals surface area contributed by atoms with Crippen LogP contribution in [0.5, 0.6) is 0 Å². The zero-order chi connectivity index (χ0) is 22.7. The van der Waals surface area contributed by atoms with Crippen molar-refractivity contribution in [1.82, 2.24) is 24.0 Å². The van der Waals surface area contributed by atoms with Gasteiger partial charge in [0.25, 0.3) is 0 Å². The van der Waals surface area contributed by atoms with Crippen molar-refractivity contribution in [3.63, 3.8) is 0 Å². The Labute approximate surface area is 189 Å². The maximum absolute atomic E-state index is 14.0. The van der Waals surface area contributed by atoms with Gasteiger partial charge in [-0.1, -0.05) is 36.4 Å². The van der Waals surface area contributed by atoms with E-state index in [-0.39, 0.29) is 13.1 Å². The van der Waals surface area contributed by atoms with E-state index in [1.807, 2.05) is 47.4 Å². The molecule has 0 saturated carbocycles. The Kier molecular flexibility index (Phi) is 6.60. The number of H-pyrrole nitrogens is 1. The first-order valence-corrected chi connectivity index (χ1v) is 11.8. The number of rotatable bonds is 6. The van der Waals surface area contributed by atoms with Crippen LogP contribution in [0.1, 0.15) is 11.4 Å². The molecular formula is C21H21F2N5O2S2. The SMILES string of the molecule is O=S(=O)(c1ccc(F)cc1F)N1CCN(Cn2[nH]c(C=Cc3ccccc3)nc2=S)CC1. The molecule has 1 aliphatic rings. The van der Waals surface area contributed by atoms with Crippen LogP contribution in [0.2, 0.25) is 0 Å². The van der Waals surface area contributed by atoms with Gasteiger partial charge in [0, 0.05) is 32.2 Å². The van der Waals surface area contributed by atoms with Crippen molar-refractivity contribution in [2.24, 2.45) is 0 Å². The third kappa shape index (κ3) is 5.01. The Bertz CT molecular complexity index is 1280. The number of halogens is 2. The van der Waals surface area contributed by atoms with E-state index in [4.69, 9.17) is 12.2 Å². The van der Waals surface area contributed by atoms with Crippen LogP contribution in [-0.2, 0) is 16.7 Å². The van der Waals surface area contributed by atoms with Gasteiger partial charge in [-0.05, 0) is 36.0 Å². The van der Waals surface area contributed by atoms with E-state index in [1.54, 1.807) is 4.68 Å². The van der Waals surface area contributed by atoms with Crippen molar-refractivity contribution < 1.29 is 17.2 Å². The molecule has 3 aromatic rings. The van der Waals surface area contributed by atoms with Gasteiger partial charge in [-0.3, -0.25) is 10.00 Å². The first-order chi connectivity index (χ1) is 15.3. The number of hydrogen-bond donors (Lipinski definition) is 1. The number of nitrogens with one attached hydrogen (secondary N) is 1. The summed E-state index contributed by atoms with van der Waals surface area (Å²) in [5, 5.41) is 3.14. The van der Waals surface area contributed by atoms with Crippen LogP contribution < -0.4 is 0 Å². The zero-order valence-electron chi connectivity index (χ0n) is 17.0. The standard InChI is InChI=1S/C21H21F2N5O2S2/c22-17-7-8-19(18(23)14-17)32(29,30)27-12-10-26(11-13-27)15-28-21(31)24-20(25-28)9-6-16-4-2-1-3-5-16/h1-9,14H,10-13,15H2,(H,24,25,31). The third-order valence-corrected chi connectivity index (χ3v) is 7.36. The minimum absolute atomic E-state index is 0.182. The second-order valence-electron chi connectivity index (χ2n) is 7.30. The molecule has 0 atom stereocenters. The van der Waals surface area contributed by atoms with Gasteiger partial charge in [0.2, 0.25) is 14.8 Å². The van der Waals surface area contributed by atoms with E-state index >= 15 is 0 Å². The fourth-order valence-electron chi connectivity index (χ4n) is 3.42. The number of nitrogens with zero attached hydrogens (tertiary/aromatic N) is 4. The summed E-state index contributed by atoms with van der Waals surface area (Å²) in [4.78, 5) is 5.84. The van der Waals surface area contributed by atoms with Crippen molar-refractivity contribution in [2.75, 3.05) is 26.2 Å². The highest BCUT2D eigenvalue weighted by atomic mass is 32.2. The molecule has 7 nitrogen and oxygen atoms in total. The Morgan fingerprint density at radius 2 is 1.75 bits per heavy atom. The summed E-state index contributed by atoms with van der Waals surface area (Å²) in [7, 11) is -4.04. The summed E-state index contributed by atoms with van der Waals surface area (Å²) in [6.07, 6.45) is 3.76. The molecule has 0 bridgehead atoms. The molecule has 2 aromatic carbocycles. The average Bonchev–Trinajstić information content (AvgIpc) is 3.12. The molecule has 1 aliphatic heterocycles. The molecule has 2 heterocycles. The molecule has 0 spiro atoms. The average molecular weight is 478 g/mol.